The Bertz CT molecular complexity index is 1060. The second-order valence-corrected chi connectivity index (χ2v) is 8.26. The van der Waals surface area contributed by atoms with Crippen LogP contribution in [0.5, 0.6) is 5.75 Å². The Hall–Kier alpha value is -2.52. The van der Waals surface area contributed by atoms with E-state index >= 15 is 0 Å². The molecular weight excluding hydrogens is 400 g/mol. The van der Waals surface area contributed by atoms with Gasteiger partial charge in [0, 0.05) is 11.9 Å². The van der Waals surface area contributed by atoms with E-state index in [1.54, 1.807) is 37.7 Å². The number of nitrogens with one attached hydrogen (secondary N) is 1. The van der Waals surface area contributed by atoms with E-state index in [0.717, 1.165) is 10.6 Å². The normalized spacial score (nSPS) is 19.0. The van der Waals surface area contributed by atoms with Gasteiger partial charge in [-0.15, -0.1) is 11.3 Å². The molecular formula is C20H21F2N3O3S. The molecule has 29 heavy (non-hydrogen) atoms. The molecule has 1 aliphatic rings. The highest BCUT2D eigenvalue weighted by atomic mass is 32.1. The largest absolute Gasteiger partial charge is 0.488 e. The lowest BCUT2D eigenvalue weighted by Gasteiger charge is -2.19. The van der Waals surface area contributed by atoms with E-state index in [2.05, 4.69) is 10.3 Å². The number of carbonyl (C=O) groups excluding carboxylic acids is 1. The van der Waals surface area contributed by atoms with Crippen LogP contribution >= 0.6 is 11.3 Å². The molecule has 0 radical (unpaired) electrons. The van der Waals surface area contributed by atoms with Gasteiger partial charge >= 0.3 is 0 Å². The van der Waals surface area contributed by atoms with Crippen molar-refractivity contribution < 1.29 is 22.7 Å². The molecule has 0 saturated carbocycles. The summed E-state index contributed by atoms with van der Waals surface area (Å²) in [7, 11) is 1.60. The molecule has 0 bridgehead atoms. The van der Waals surface area contributed by atoms with Crippen LogP contribution in [0.1, 0.15) is 26.7 Å². The van der Waals surface area contributed by atoms with E-state index in [1.807, 2.05) is 6.92 Å². The lowest BCUT2D eigenvalue weighted by molar-refractivity contribution is -0.00821. The third-order valence-corrected chi connectivity index (χ3v) is 5.98. The van der Waals surface area contributed by atoms with Gasteiger partial charge in [-0.25, -0.2) is 13.8 Å². The Balaban J connectivity index is 1.58. The summed E-state index contributed by atoms with van der Waals surface area (Å²) < 4.78 is 39.7. The number of hydrogen-bond acceptors (Lipinski definition) is 6. The summed E-state index contributed by atoms with van der Waals surface area (Å²) in [6.45, 7) is 3.64. The van der Waals surface area contributed by atoms with E-state index in [9.17, 15) is 13.6 Å². The summed E-state index contributed by atoms with van der Waals surface area (Å²) in [5.41, 5.74) is 3.43. The summed E-state index contributed by atoms with van der Waals surface area (Å²) in [6, 6.07) is 3.93. The Morgan fingerprint density at radius 1 is 1.45 bits per heavy atom. The lowest BCUT2D eigenvalue weighted by atomic mass is 10.1. The zero-order valence-corrected chi connectivity index (χ0v) is 17.1. The van der Waals surface area contributed by atoms with E-state index in [-0.39, 0.29) is 18.7 Å². The summed E-state index contributed by atoms with van der Waals surface area (Å²) in [4.78, 5) is 19.5. The van der Waals surface area contributed by atoms with E-state index in [0.29, 0.717) is 29.1 Å². The van der Waals surface area contributed by atoms with E-state index in [1.165, 1.54) is 16.2 Å². The van der Waals surface area contributed by atoms with Gasteiger partial charge in [-0.1, -0.05) is 0 Å². The number of furan rings is 1. The molecule has 1 aliphatic heterocycles. The number of halogens is 2. The predicted molar refractivity (Wildman–Crippen MR) is 106 cm³/mol. The molecule has 6 nitrogen and oxygen atoms in total. The molecule has 3 aromatic rings. The smallest absolute Gasteiger partial charge is 0.281 e. The SMILES string of the molecule is Cc1ncsc1COc1ccc2oc(C)c(C(=O)NC3CN(C)CC3(F)F)c2c1. The second kappa shape index (κ2) is 7.38. The molecule has 1 fully saturated rings. The zero-order valence-electron chi connectivity index (χ0n) is 16.3. The second-order valence-electron chi connectivity index (χ2n) is 7.32. The maximum Gasteiger partial charge on any atom is 0.281 e. The van der Waals surface area contributed by atoms with Crippen LogP contribution in [0.2, 0.25) is 0 Å². The van der Waals surface area contributed by atoms with Gasteiger partial charge in [0.15, 0.2) is 0 Å². The number of amides is 1. The van der Waals surface area contributed by atoms with E-state index in [4.69, 9.17) is 9.15 Å². The van der Waals surface area contributed by atoms with Crippen molar-refractivity contribution in [1.82, 2.24) is 15.2 Å². The van der Waals surface area contributed by atoms with Gasteiger partial charge in [-0.3, -0.25) is 9.69 Å². The summed E-state index contributed by atoms with van der Waals surface area (Å²) >= 11 is 1.51. The molecule has 1 unspecified atom stereocenters. The summed E-state index contributed by atoms with van der Waals surface area (Å²) in [6.07, 6.45) is 0. The highest BCUT2D eigenvalue weighted by molar-refractivity contribution is 7.09. The fourth-order valence-corrected chi connectivity index (χ4v) is 4.23. The van der Waals surface area contributed by atoms with Gasteiger partial charge < -0.3 is 14.5 Å². The summed E-state index contributed by atoms with van der Waals surface area (Å²) in [5.74, 6) is -2.61. The molecule has 9 heteroatoms. The van der Waals surface area contributed by atoms with Crippen LogP contribution in [-0.2, 0) is 6.61 Å². The van der Waals surface area contributed by atoms with E-state index < -0.39 is 17.9 Å². The first-order valence-corrected chi connectivity index (χ1v) is 10.0. The van der Waals surface area contributed by atoms with Gasteiger partial charge in [0.1, 0.15) is 29.7 Å². The number of hydrogen-bond donors (Lipinski definition) is 1. The molecule has 154 valence electrons. The number of carbonyl (C=O) groups is 1. The number of aromatic nitrogens is 1. The highest BCUT2D eigenvalue weighted by Gasteiger charge is 2.47. The fraction of sp³-hybridized carbons (Fsp3) is 0.400. The zero-order chi connectivity index (χ0) is 20.8. The molecule has 1 aromatic carbocycles. The lowest BCUT2D eigenvalue weighted by Crippen LogP contribution is -2.46. The molecule has 1 amide bonds. The molecule has 4 rings (SSSR count). The third kappa shape index (κ3) is 3.84. The Kier molecular flexibility index (Phi) is 5.04. The van der Waals surface area contributed by atoms with Crippen LogP contribution in [-0.4, -0.2) is 47.9 Å². The maximum atomic E-state index is 14.1. The molecule has 0 spiro atoms. The average Bonchev–Trinajstić information content (AvgIpc) is 3.27. The van der Waals surface area contributed by atoms with Crippen LogP contribution in [0.15, 0.2) is 28.1 Å². The Morgan fingerprint density at radius 3 is 2.90 bits per heavy atom. The minimum atomic E-state index is -2.97. The Morgan fingerprint density at radius 2 is 2.24 bits per heavy atom. The number of ether oxygens (including phenoxy) is 1. The number of aryl methyl sites for hydroxylation is 2. The number of nitrogens with zero attached hydrogens (tertiary/aromatic N) is 2. The number of thiazole rings is 1. The fourth-order valence-electron chi connectivity index (χ4n) is 3.55. The maximum absolute atomic E-state index is 14.1. The van der Waals surface area contributed by atoms with Gasteiger partial charge in [0.2, 0.25) is 0 Å². The van der Waals surface area contributed by atoms with Crippen LogP contribution in [0.25, 0.3) is 11.0 Å². The van der Waals surface area contributed by atoms with Crippen LogP contribution < -0.4 is 10.1 Å². The standard InChI is InChI=1S/C20H21F2N3O3S/c1-11-16(29-10-23-11)8-27-13-4-5-15-14(6-13)18(12(2)28-15)19(26)24-17-7-25(3)9-20(17,21)22/h4-6,10,17H,7-9H2,1-3H3,(H,24,26). The first kappa shape index (κ1) is 19.8. The van der Waals surface area contributed by atoms with Gasteiger partial charge in [0.05, 0.1) is 28.2 Å². The first-order chi connectivity index (χ1) is 13.7. The third-order valence-electron chi connectivity index (χ3n) is 5.07. The molecule has 1 saturated heterocycles. The van der Waals surface area contributed by atoms with Crippen LogP contribution in [0.3, 0.4) is 0 Å². The van der Waals surface area contributed by atoms with Crippen molar-refractivity contribution in [3.05, 3.63) is 45.6 Å². The molecule has 1 N–H and O–H groups in total. The van der Waals surface area contributed by atoms with Crippen molar-refractivity contribution in [3.63, 3.8) is 0 Å². The number of alkyl halides is 2. The minimum absolute atomic E-state index is 0.0934. The predicted octanol–water partition coefficient (Wildman–Crippen LogP) is 3.76. The number of rotatable bonds is 5. The van der Waals surface area contributed by atoms with Crippen molar-refractivity contribution in [2.75, 3.05) is 20.1 Å². The van der Waals surface area contributed by atoms with Gasteiger partial charge in [0.25, 0.3) is 11.8 Å². The number of likely N-dealkylation sites (N-methyl/N-ethyl adjacent to an activating group) is 1. The first-order valence-electron chi connectivity index (χ1n) is 9.17. The van der Waals surface area contributed by atoms with Crippen molar-refractivity contribution in [1.29, 1.82) is 0 Å². The van der Waals surface area contributed by atoms with Crippen LogP contribution in [0.4, 0.5) is 8.78 Å². The monoisotopic (exact) mass is 421 g/mol. The Labute approximate surface area is 170 Å². The van der Waals surface area contributed by atoms with Crippen molar-refractivity contribution in [2.24, 2.45) is 0 Å². The number of fused-ring (bicyclic) bond motifs is 1. The van der Waals surface area contributed by atoms with Gasteiger partial charge in [-0.05, 0) is 39.1 Å². The number of likely N-dealkylation sites (tertiary alicyclic amines) is 1. The molecule has 3 heterocycles. The van der Waals surface area contributed by atoms with Crippen molar-refractivity contribution in [3.8, 4) is 5.75 Å². The average molecular weight is 421 g/mol. The number of benzene rings is 1. The topological polar surface area (TPSA) is 67.6 Å². The molecule has 2 aromatic heterocycles. The van der Waals surface area contributed by atoms with Gasteiger partial charge in [-0.2, -0.15) is 0 Å². The van der Waals surface area contributed by atoms with Crippen molar-refractivity contribution >= 4 is 28.2 Å². The minimum Gasteiger partial charge on any atom is -0.488 e. The highest BCUT2D eigenvalue weighted by Crippen LogP contribution is 2.31. The molecule has 0 aliphatic carbocycles. The quantitative estimate of drug-likeness (QED) is 0.679. The molecule has 1 atom stereocenters. The van der Waals surface area contributed by atoms with Crippen LogP contribution in [0, 0.1) is 13.8 Å². The van der Waals surface area contributed by atoms with Crippen molar-refractivity contribution in [2.45, 2.75) is 32.4 Å². The summed E-state index contributed by atoms with van der Waals surface area (Å²) in [5, 5.41) is 3.01.